The molecule has 25 heavy (non-hydrogen) atoms. The summed E-state index contributed by atoms with van der Waals surface area (Å²) in [6.45, 7) is 0.389. The number of hydrogen-bond donors (Lipinski definition) is 1. The maximum Gasteiger partial charge on any atom is 0.253 e. The largest absolute Gasteiger partial charge is 0.495 e. The molecule has 2 aromatic carbocycles. The first-order valence-corrected chi connectivity index (χ1v) is 9.68. The van der Waals surface area contributed by atoms with Crippen LogP contribution in [0.2, 0.25) is 0 Å². The van der Waals surface area contributed by atoms with Crippen molar-refractivity contribution >= 4 is 31.9 Å². The first kappa shape index (κ1) is 19.4. The average molecular weight is 427 g/mol. The average Bonchev–Trinajstić information content (AvgIpc) is 2.62. The quantitative estimate of drug-likeness (QED) is 0.769. The third-order valence-corrected chi connectivity index (χ3v) is 5.89. The van der Waals surface area contributed by atoms with E-state index in [0.717, 1.165) is 10.0 Å². The van der Waals surface area contributed by atoms with Gasteiger partial charge in [0.2, 0.25) is 10.0 Å². The summed E-state index contributed by atoms with van der Waals surface area (Å²) in [6, 6.07) is 12.0. The molecule has 0 aromatic heterocycles. The minimum Gasteiger partial charge on any atom is -0.495 e. The molecule has 0 fully saturated rings. The fraction of sp³-hybridized carbons (Fsp3) is 0.235. The molecule has 0 aliphatic carbocycles. The zero-order valence-electron chi connectivity index (χ0n) is 14.1. The van der Waals surface area contributed by atoms with Gasteiger partial charge in [-0.1, -0.05) is 34.1 Å². The summed E-state index contributed by atoms with van der Waals surface area (Å²) in [5.41, 5.74) is 1.22. The van der Waals surface area contributed by atoms with Gasteiger partial charge in [0.15, 0.2) is 0 Å². The monoisotopic (exact) mass is 426 g/mol. The van der Waals surface area contributed by atoms with Crippen LogP contribution in [0.25, 0.3) is 0 Å². The van der Waals surface area contributed by atoms with E-state index in [1.54, 1.807) is 13.1 Å². The Hall–Kier alpha value is -1.90. The SMILES string of the molecule is CNS(=O)(=O)c1cc(C(=O)N(C)Cc2ccccc2Br)ccc1OC. The van der Waals surface area contributed by atoms with E-state index in [4.69, 9.17) is 4.74 Å². The Morgan fingerprint density at radius 2 is 1.92 bits per heavy atom. The number of sulfonamides is 1. The Kier molecular flexibility index (Phi) is 6.21. The van der Waals surface area contributed by atoms with Crippen LogP contribution in [0.15, 0.2) is 51.8 Å². The van der Waals surface area contributed by atoms with Gasteiger partial charge in [-0.25, -0.2) is 13.1 Å². The standard InChI is InChI=1S/C17H19BrN2O4S/c1-19-25(22,23)16-10-12(8-9-15(16)24-3)17(21)20(2)11-13-6-4-5-7-14(13)18/h4-10,19H,11H2,1-3H3. The molecule has 0 saturated heterocycles. The molecule has 6 nitrogen and oxygen atoms in total. The molecule has 1 N–H and O–H groups in total. The zero-order chi connectivity index (χ0) is 18.6. The lowest BCUT2D eigenvalue weighted by atomic mass is 10.1. The molecule has 134 valence electrons. The Balaban J connectivity index is 2.33. The number of hydrogen-bond acceptors (Lipinski definition) is 4. The van der Waals surface area contributed by atoms with Crippen LogP contribution in [0, 0.1) is 0 Å². The van der Waals surface area contributed by atoms with Crippen LogP contribution in [-0.4, -0.2) is 40.4 Å². The highest BCUT2D eigenvalue weighted by atomic mass is 79.9. The molecule has 0 aliphatic heterocycles. The van der Waals surface area contributed by atoms with Crippen molar-refractivity contribution in [2.75, 3.05) is 21.2 Å². The molecular formula is C17H19BrN2O4S. The minimum atomic E-state index is -3.74. The minimum absolute atomic E-state index is 0.0716. The van der Waals surface area contributed by atoms with Gasteiger partial charge >= 0.3 is 0 Å². The number of nitrogens with zero attached hydrogens (tertiary/aromatic N) is 1. The summed E-state index contributed by atoms with van der Waals surface area (Å²) in [7, 11) is 0.611. The maximum atomic E-state index is 12.7. The van der Waals surface area contributed by atoms with E-state index in [9.17, 15) is 13.2 Å². The fourth-order valence-electron chi connectivity index (χ4n) is 2.30. The van der Waals surface area contributed by atoms with E-state index in [-0.39, 0.29) is 22.1 Å². The van der Waals surface area contributed by atoms with Crippen molar-refractivity contribution in [3.05, 3.63) is 58.1 Å². The third kappa shape index (κ3) is 4.39. The van der Waals surface area contributed by atoms with Crippen LogP contribution in [0.3, 0.4) is 0 Å². The van der Waals surface area contributed by atoms with E-state index >= 15 is 0 Å². The lowest BCUT2D eigenvalue weighted by Gasteiger charge is -2.19. The second-order valence-corrected chi connectivity index (χ2v) is 8.04. The summed E-state index contributed by atoms with van der Waals surface area (Å²) in [4.78, 5) is 14.1. The fourth-order valence-corrected chi connectivity index (χ4v) is 3.63. The van der Waals surface area contributed by atoms with Crippen LogP contribution in [-0.2, 0) is 16.6 Å². The molecule has 1 amide bonds. The number of ether oxygens (including phenoxy) is 1. The van der Waals surface area contributed by atoms with E-state index in [1.165, 1.54) is 31.2 Å². The molecular weight excluding hydrogens is 408 g/mol. The first-order valence-electron chi connectivity index (χ1n) is 7.40. The number of methoxy groups -OCH3 is 1. The molecule has 8 heteroatoms. The molecule has 0 unspecified atom stereocenters. The van der Waals surface area contributed by atoms with Gasteiger partial charge in [0.25, 0.3) is 5.91 Å². The van der Waals surface area contributed by atoms with Crippen molar-refractivity contribution in [3.8, 4) is 5.75 Å². The van der Waals surface area contributed by atoms with Crippen LogP contribution < -0.4 is 9.46 Å². The van der Waals surface area contributed by atoms with Crippen molar-refractivity contribution < 1.29 is 17.9 Å². The third-order valence-electron chi connectivity index (χ3n) is 3.68. The van der Waals surface area contributed by atoms with Gasteiger partial charge in [0.05, 0.1) is 7.11 Å². The number of amides is 1. The van der Waals surface area contributed by atoms with Crippen molar-refractivity contribution in [1.82, 2.24) is 9.62 Å². The Bertz CT molecular complexity index is 884. The highest BCUT2D eigenvalue weighted by molar-refractivity contribution is 9.10. The van der Waals surface area contributed by atoms with Gasteiger partial charge in [-0.2, -0.15) is 0 Å². The van der Waals surface area contributed by atoms with Gasteiger partial charge in [-0.15, -0.1) is 0 Å². The predicted octanol–water partition coefficient (Wildman–Crippen LogP) is 2.64. The van der Waals surface area contributed by atoms with Crippen LogP contribution >= 0.6 is 15.9 Å². The second-order valence-electron chi connectivity index (χ2n) is 5.33. The van der Waals surface area contributed by atoms with E-state index in [1.807, 2.05) is 24.3 Å². The lowest BCUT2D eigenvalue weighted by Crippen LogP contribution is -2.27. The Labute approximate surface area is 156 Å². The van der Waals surface area contributed by atoms with Gasteiger partial charge in [0, 0.05) is 23.6 Å². The number of rotatable bonds is 6. The summed E-state index contributed by atoms with van der Waals surface area (Å²) in [5.74, 6) is -0.106. The zero-order valence-corrected chi connectivity index (χ0v) is 16.5. The molecule has 0 aliphatic rings. The van der Waals surface area contributed by atoms with Crippen molar-refractivity contribution in [2.24, 2.45) is 0 Å². The summed E-state index contributed by atoms with van der Waals surface area (Å²) < 4.78 is 32.5. The number of benzene rings is 2. The topological polar surface area (TPSA) is 75.7 Å². The highest BCUT2D eigenvalue weighted by Crippen LogP contribution is 2.25. The molecule has 0 spiro atoms. The second kappa shape index (κ2) is 7.99. The molecule has 2 rings (SSSR count). The van der Waals surface area contributed by atoms with Crippen LogP contribution in [0.1, 0.15) is 15.9 Å². The van der Waals surface area contributed by atoms with Gasteiger partial charge < -0.3 is 9.64 Å². The Morgan fingerprint density at radius 3 is 2.52 bits per heavy atom. The maximum absolute atomic E-state index is 12.7. The number of halogens is 1. The van der Waals surface area contributed by atoms with Crippen molar-refractivity contribution in [1.29, 1.82) is 0 Å². The molecule has 0 radical (unpaired) electrons. The van der Waals surface area contributed by atoms with Crippen molar-refractivity contribution in [2.45, 2.75) is 11.4 Å². The van der Waals surface area contributed by atoms with E-state index < -0.39 is 10.0 Å². The van der Waals surface area contributed by atoms with Crippen molar-refractivity contribution in [3.63, 3.8) is 0 Å². The molecule has 0 bridgehead atoms. The molecule has 0 heterocycles. The molecule has 0 saturated carbocycles. The van der Waals surface area contributed by atoms with Gasteiger partial charge in [-0.3, -0.25) is 4.79 Å². The van der Waals surface area contributed by atoms with Crippen LogP contribution in [0.5, 0.6) is 5.75 Å². The highest BCUT2D eigenvalue weighted by Gasteiger charge is 2.21. The lowest BCUT2D eigenvalue weighted by molar-refractivity contribution is 0.0784. The number of carbonyl (C=O) groups excluding carboxylic acids is 1. The number of nitrogens with one attached hydrogen (secondary N) is 1. The first-order chi connectivity index (χ1) is 11.8. The Morgan fingerprint density at radius 1 is 1.24 bits per heavy atom. The number of carbonyl (C=O) groups is 1. The van der Waals surface area contributed by atoms with Gasteiger partial charge in [-0.05, 0) is 36.9 Å². The van der Waals surface area contributed by atoms with E-state index in [2.05, 4.69) is 20.7 Å². The summed E-state index contributed by atoms with van der Waals surface area (Å²) in [6.07, 6.45) is 0. The summed E-state index contributed by atoms with van der Waals surface area (Å²) in [5, 5.41) is 0. The molecule has 2 aromatic rings. The molecule has 0 atom stereocenters. The summed E-state index contributed by atoms with van der Waals surface area (Å²) >= 11 is 3.45. The smallest absolute Gasteiger partial charge is 0.253 e. The van der Waals surface area contributed by atoms with E-state index in [0.29, 0.717) is 6.54 Å². The van der Waals surface area contributed by atoms with Gasteiger partial charge in [0.1, 0.15) is 10.6 Å². The normalized spacial score (nSPS) is 11.2. The predicted molar refractivity (Wildman–Crippen MR) is 99.2 cm³/mol. The van der Waals surface area contributed by atoms with Crippen LogP contribution in [0.4, 0.5) is 0 Å².